The summed E-state index contributed by atoms with van der Waals surface area (Å²) in [6.45, 7) is 6.58. The van der Waals surface area contributed by atoms with Crippen LogP contribution in [0.25, 0.3) is 0 Å². The van der Waals surface area contributed by atoms with Crippen molar-refractivity contribution >= 4 is 80.4 Å². The fourth-order valence-electron chi connectivity index (χ4n) is 13.5. The molecule has 0 saturated carbocycles. The minimum Gasteiger partial charge on any atom is -0.481 e. The minimum absolute atomic E-state index is 0.0116. The molecule has 0 aromatic heterocycles. The highest BCUT2D eigenvalue weighted by molar-refractivity contribution is 7.86. The van der Waals surface area contributed by atoms with Crippen LogP contribution in [-0.4, -0.2) is 276 Å². The molecule has 634 valence electrons. The Morgan fingerprint density at radius 2 is 1.17 bits per heavy atom. The van der Waals surface area contributed by atoms with Crippen molar-refractivity contribution in [2.45, 2.75) is 207 Å². The molecular formula is C78H114N13O23S+. The second-order valence-electron chi connectivity index (χ2n) is 29.8. The summed E-state index contributed by atoms with van der Waals surface area (Å²) in [5.41, 5.74) is 15.0. The van der Waals surface area contributed by atoms with E-state index in [0.717, 1.165) is 16.9 Å². The van der Waals surface area contributed by atoms with Crippen LogP contribution in [0.1, 0.15) is 143 Å². The summed E-state index contributed by atoms with van der Waals surface area (Å²) >= 11 is 0. The number of allylic oxidation sites excluding steroid dienone is 8. The summed E-state index contributed by atoms with van der Waals surface area (Å²) < 4.78 is 36.1. The van der Waals surface area contributed by atoms with Gasteiger partial charge in [0.05, 0.1) is 49.1 Å². The van der Waals surface area contributed by atoms with Crippen molar-refractivity contribution < 1.29 is 117 Å². The number of aliphatic carboxylic acids is 1. The molecule has 6 rings (SSSR count). The number of carboxylic acids is 1. The monoisotopic (exact) mass is 1630 g/mol. The summed E-state index contributed by atoms with van der Waals surface area (Å²) in [5.74, 6) is -7.29. The highest BCUT2D eigenvalue weighted by Gasteiger charge is 2.46. The number of carbonyl (C=O) groups excluding carboxylic acids is 8. The van der Waals surface area contributed by atoms with Crippen molar-refractivity contribution in [3.63, 3.8) is 0 Å². The van der Waals surface area contributed by atoms with Gasteiger partial charge in [-0.05, 0) is 120 Å². The molecule has 10 unspecified atom stereocenters. The molecule has 3 aliphatic heterocycles. The molecule has 3 aromatic carbocycles. The molecule has 8 amide bonds. The van der Waals surface area contributed by atoms with Gasteiger partial charge in [-0.3, -0.25) is 53.0 Å². The van der Waals surface area contributed by atoms with Crippen LogP contribution in [0.3, 0.4) is 0 Å². The second-order valence-corrected chi connectivity index (χ2v) is 31.6. The maximum atomic E-state index is 14.3. The van der Waals surface area contributed by atoms with E-state index >= 15 is 0 Å². The van der Waals surface area contributed by atoms with E-state index in [1.165, 1.54) is 13.0 Å². The zero-order valence-corrected chi connectivity index (χ0v) is 66.0. The zero-order chi connectivity index (χ0) is 85.1. The molecule has 1 fully saturated rings. The number of fused-ring (bicyclic) bond motifs is 2. The number of amides is 8. The number of aliphatic hydroxyl groups is 10. The predicted octanol–water partition coefficient (Wildman–Crippen LogP) is -3.39. The Bertz CT molecular complexity index is 4120. The molecule has 25 N–H and O–H groups in total. The number of hydrogen-bond donors (Lipinski definition) is 23. The van der Waals surface area contributed by atoms with E-state index in [9.17, 15) is 107 Å². The third-order valence-corrected chi connectivity index (χ3v) is 21.6. The third-order valence-electron chi connectivity index (χ3n) is 20.3. The van der Waals surface area contributed by atoms with E-state index in [4.69, 9.17) is 16.6 Å². The van der Waals surface area contributed by atoms with Gasteiger partial charge in [-0.2, -0.15) is 13.0 Å². The summed E-state index contributed by atoms with van der Waals surface area (Å²) in [7, 11) is -4.41. The van der Waals surface area contributed by atoms with Crippen molar-refractivity contribution in [2.75, 3.05) is 63.9 Å². The number of nitrogens with one attached hydrogen (secondary N) is 9. The fourth-order valence-corrected chi connectivity index (χ4v) is 13.9. The van der Waals surface area contributed by atoms with Gasteiger partial charge in [0, 0.05) is 91.1 Å². The number of benzene rings is 3. The molecule has 37 heteroatoms. The van der Waals surface area contributed by atoms with Gasteiger partial charge in [0.1, 0.15) is 67.1 Å². The van der Waals surface area contributed by atoms with E-state index in [1.54, 1.807) is 85.0 Å². The van der Waals surface area contributed by atoms with Gasteiger partial charge in [-0.1, -0.05) is 81.0 Å². The Balaban J connectivity index is 1.16. The van der Waals surface area contributed by atoms with Crippen LogP contribution in [0.15, 0.2) is 115 Å². The standard InChI is InChI=1S/C78H113N13O23S/c1-45(115(112,113)114)31-35-91-56-30-28-48(71(107)84-41-58(95)67(103)69(105)60(97)44-93)38-50(56)78(4,5)62(91)25-14-8-6-7-13-24-61-77(2,3)49-37-47(70(106)83-40-57(94)66(102)68(104)59(96)43-92)27-29-55(49)90(61)34-18-10-15-26-63(98)81-32-17-16-22-52-73(109)87-51(23-19-33-82-76(79)80)72(108)85-42-64(99)86-54(39-65(100)101)75(111)89-53(74(110)88-52)36-46-20-11-9-12-21-46/h6-9,11-14,20-21,24-25,27-30,37-38,45,51-54,57-60,66-69,76,82,92-97,102-105H,10,15-19,22-23,26,31-36,39-44,79-80H2,1-5H3,(H9-,81,83,84,85,86,87,88,89,98,99,100,101,106,107,108,109,110,111,112,113,114)/p+1/t45?,51-,52?,53+,54-,57?,58?,59?,60?,66?,67?,68?,69?/m0/s1. The average molecular weight is 1630 g/mol. The smallest absolute Gasteiger partial charge is 0.305 e. The van der Waals surface area contributed by atoms with Gasteiger partial charge < -0.3 is 115 Å². The first-order valence-corrected chi connectivity index (χ1v) is 39.7. The summed E-state index contributed by atoms with van der Waals surface area (Å²) in [6.07, 6.45) is -1.14. The molecule has 36 nitrogen and oxygen atoms in total. The highest BCUT2D eigenvalue weighted by atomic mass is 32.2. The minimum atomic E-state index is -4.41. The number of aliphatic hydroxyl groups excluding tert-OH is 10. The van der Waals surface area contributed by atoms with E-state index in [-0.39, 0.29) is 81.6 Å². The predicted molar refractivity (Wildman–Crippen MR) is 422 cm³/mol. The number of nitrogens with two attached hydrogens (primary N) is 2. The van der Waals surface area contributed by atoms with Gasteiger partial charge in [-0.15, -0.1) is 0 Å². The van der Waals surface area contributed by atoms with Crippen LogP contribution >= 0.6 is 0 Å². The van der Waals surface area contributed by atoms with E-state index in [1.807, 2.05) is 50.5 Å². The Hall–Kier alpha value is -9.29. The Morgan fingerprint density at radius 1 is 0.617 bits per heavy atom. The molecule has 115 heavy (non-hydrogen) atoms. The van der Waals surface area contributed by atoms with Crippen LogP contribution in [0.2, 0.25) is 0 Å². The number of carbonyl (C=O) groups is 9. The molecule has 3 heterocycles. The topological polar surface area (TPSA) is 597 Å². The highest BCUT2D eigenvalue weighted by Crippen LogP contribution is 2.48. The lowest BCUT2D eigenvalue weighted by molar-refractivity contribution is -0.438. The molecule has 3 aromatic rings. The largest absolute Gasteiger partial charge is 0.481 e. The van der Waals surface area contributed by atoms with Crippen molar-refractivity contribution in [3.05, 3.63) is 143 Å². The second kappa shape index (κ2) is 44.7. The normalized spacial score (nSPS) is 20.9. The van der Waals surface area contributed by atoms with Gasteiger partial charge in [0.15, 0.2) is 12.3 Å². The van der Waals surface area contributed by atoms with Gasteiger partial charge in [0.2, 0.25) is 41.1 Å². The Labute approximate surface area is 667 Å². The molecule has 0 radical (unpaired) electrons. The average Bonchev–Trinajstić information content (AvgIpc) is 1.59. The molecule has 0 bridgehead atoms. The van der Waals surface area contributed by atoms with Crippen LogP contribution in [0, 0.1) is 0 Å². The fraction of sp³-hybridized carbons (Fsp3) is 0.538. The molecule has 13 atom stereocenters. The summed E-state index contributed by atoms with van der Waals surface area (Å²) in [4.78, 5) is 123. The molecule has 3 aliphatic rings. The van der Waals surface area contributed by atoms with E-state index in [2.05, 4.69) is 52.8 Å². The summed E-state index contributed by atoms with van der Waals surface area (Å²) in [5, 5.41) is 132. The number of rotatable bonds is 42. The molecular weight excluding hydrogens is 1520 g/mol. The van der Waals surface area contributed by atoms with Crippen LogP contribution in [-0.2, 0) is 60.9 Å². The van der Waals surface area contributed by atoms with Crippen molar-refractivity contribution in [1.29, 1.82) is 0 Å². The Kier molecular flexibility index (Phi) is 36.8. The first-order chi connectivity index (χ1) is 54.3. The quantitative estimate of drug-likeness (QED) is 0.00865. The number of hydrogen-bond acceptors (Lipinski definition) is 25. The number of unbranched alkanes of at least 4 members (excludes halogenated alkanes) is 3. The van der Waals surface area contributed by atoms with Crippen molar-refractivity contribution in [1.82, 2.24) is 47.9 Å². The van der Waals surface area contributed by atoms with Gasteiger partial charge in [0.25, 0.3) is 21.9 Å². The Morgan fingerprint density at radius 3 is 1.77 bits per heavy atom. The summed E-state index contributed by atoms with van der Waals surface area (Å²) in [6, 6.07) is 12.8. The first-order valence-electron chi connectivity index (χ1n) is 38.2. The van der Waals surface area contributed by atoms with Crippen molar-refractivity contribution in [2.24, 2.45) is 11.5 Å². The number of anilines is 1. The lowest BCUT2D eigenvalue weighted by Crippen LogP contribution is -2.58. The van der Waals surface area contributed by atoms with E-state index < -0.39 is 192 Å². The van der Waals surface area contributed by atoms with Crippen LogP contribution in [0.4, 0.5) is 11.4 Å². The maximum absolute atomic E-state index is 14.3. The first kappa shape index (κ1) is 94.6. The SMILES string of the molecule is CC(CC[N+]1=C(/C=C/C=C/C=C/C=C2/N(CCCCCC(=O)NCCCCC3NC(=O)[C@@H](Cc4ccccc4)NC(=O)[C@H](CC(=O)O)NC(=O)CNC(=O)[C@H](CCCNC(N)N)NC3=O)c3ccc(C(=O)NCC(O)C(O)C(O)C(O)CO)cc3C2(C)C)C(C)(C)c2cc(C(=O)NCC(O)C(O)C(O)C(O)CO)ccc21)S(=O)(=O)O. The number of carboxylic acid groups (broad SMARTS) is 1. The number of nitrogens with zero attached hydrogens (tertiary/aromatic N) is 2. The van der Waals surface area contributed by atoms with Crippen molar-refractivity contribution in [3.8, 4) is 0 Å². The third kappa shape index (κ3) is 27.7. The maximum Gasteiger partial charge on any atom is 0.305 e. The van der Waals surface area contributed by atoms with Crippen LogP contribution in [0.5, 0.6) is 0 Å². The van der Waals surface area contributed by atoms with Gasteiger partial charge >= 0.3 is 5.97 Å². The molecule has 0 aliphatic carbocycles. The molecule has 0 spiro atoms. The zero-order valence-electron chi connectivity index (χ0n) is 65.1. The molecule has 1 saturated heterocycles. The van der Waals surface area contributed by atoms with E-state index in [0.29, 0.717) is 54.8 Å². The van der Waals surface area contributed by atoms with Crippen LogP contribution < -0.4 is 64.2 Å². The van der Waals surface area contributed by atoms with Gasteiger partial charge in [-0.25, -0.2) is 0 Å². The lowest BCUT2D eigenvalue weighted by atomic mass is 9.80. The lowest BCUT2D eigenvalue weighted by Gasteiger charge is -2.27.